The Kier molecular flexibility index (Phi) is 4.02. The van der Waals surface area contributed by atoms with Gasteiger partial charge < -0.3 is 15.0 Å². The summed E-state index contributed by atoms with van der Waals surface area (Å²) in [5.41, 5.74) is 2.41. The van der Waals surface area contributed by atoms with Crippen molar-refractivity contribution in [2.45, 2.75) is 20.0 Å². The van der Waals surface area contributed by atoms with Crippen molar-refractivity contribution in [1.29, 1.82) is 0 Å². The first-order valence-electron chi connectivity index (χ1n) is 7.46. The molecule has 0 spiro atoms. The van der Waals surface area contributed by atoms with Crippen molar-refractivity contribution in [2.75, 3.05) is 16.8 Å². The van der Waals surface area contributed by atoms with Crippen LogP contribution in [0.3, 0.4) is 0 Å². The molecule has 0 unspecified atom stereocenters. The predicted molar refractivity (Wildman–Crippen MR) is 88.7 cm³/mol. The molecule has 1 heterocycles. The van der Waals surface area contributed by atoms with E-state index < -0.39 is 6.10 Å². The van der Waals surface area contributed by atoms with E-state index in [9.17, 15) is 9.59 Å². The van der Waals surface area contributed by atoms with E-state index >= 15 is 0 Å². The number of nitrogens with one attached hydrogen (secondary N) is 1. The average molecular weight is 310 g/mol. The second-order valence-electron chi connectivity index (χ2n) is 5.51. The smallest absolute Gasteiger partial charge is 0.267 e. The van der Waals surface area contributed by atoms with Crippen molar-refractivity contribution in [2.24, 2.45) is 0 Å². The highest BCUT2D eigenvalue weighted by Gasteiger charge is 2.32. The topological polar surface area (TPSA) is 58.6 Å². The third-order valence-corrected chi connectivity index (χ3v) is 3.85. The van der Waals surface area contributed by atoms with Gasteiger partial charge >= 0.3 is 0 Å². The molecule has 3 rings (SSSR count). The molecule has 2 aromatic carbocycles. The number of nitrogens with zero attached hydrogens (tertiary/aromatic N) is 1. The zero-order chi connectivity index (χ0) is 16.4. The summed E-state index contributed by atoms with van der Waals surface area (Å²) in [5, 5.41) is 2.87. The van der Waals surface area contributed by atoms with Crippen LogP contribution in [0.4, 0.5) is 11.4 Å². The molecule has 0 fully saturated rings. The summed E-state index contributed by atoms with van der Waals surface area (Å²) in [6.07, 6.45) is -0.742. The lowest BCUT2D eigenvalue weighted by atomic mass is 10.1. The molecule has 0 bridgehead atoms. The van der Waals surface area contributed by atoms with Gasteiger partial charge in [-0.2, -0.15) is 0 Å². The van der Waals surface area contributed by atoms with Crippen LogP contribution in [-0.4, -0.2) is 24.5 Å². The Morgan fingerprint density at radius 2 is 1.83 bits per heavy atom. The van der Waals surface area contributed by atoms with Crippen molar-refractivity contribution in [3.8, 4) is 5.75 Å². The zero-order valence-electron chi connectivity index (χ0n) is 13.1. The second kappa shape index (κ2) is 6.12. The van der Waals surface area contributed by atoms with Crippen LogP contribution >= 0.6 is 0 Å². The number of carbonyl (C=O) groups is 2. The third-order valence-electron chi connectivity index (χ3n) is 3.85. The molecule has 1 aliphatic rings. The van der Waals surface area contributed by atoms with E-state index in [2.05, 4.69) is 5.32 Å². The van der Waals surface area contributed by atoms with Gasteiger partial charge in [0, 0.05) is 12.6 Å². The number of hydrogen-bond acceptors (Lipinski definition) is 3. The van der Waals surface area contributed by atoms with E-state index in [0.29, 0.717) is 11.4 Å². The minimum atomic E-state index is -0.742. The van der Waals surface area contributed by atoms with E-state index in [1.165, 1.54) is 6.92 Å². The molecule has 0 radical (unpaired) electrons. The monoisotopic (exact) mass is 310 g/mol. The van der Waals surface area contributed by atoms with Crippen LogP contribution in [-0.2, 0) is 9.59 Å². The van der Waals surface area contributed by atoms with Crippen LogP contribution in [0.5, 0.6) is 5.75 Å². The molecule has 2 aromatic rings. The Morgan fingerprint density at radius 1 is 1.13 bits per heavy atom. The lowest BCUT2D eigenvalue weighted by Crippen LogP contribution is -2.48. The van der Waals surface area contributed by atoms with E-state index in [-0.39, 0.29) is 18.4 Å². The number of anilines is 2. The van der Waals surface area contributed by atoms with Gasteiger partial charge in [-0.1, -0.05) is 30.3 Å². The summed E-state index contributed by atoms with van der Waals surface area (Å²) in [4.78, 5) is 26.0. The first-order valence-corrected chi connectivity index (χ1v) is 7.46. The van der Waals surface area contributed by atoms with Gasteiger partial charge in [0.2, 0.25) is 5.91 Å². The van der Waals surface area contributed by atoms with E-state index in [1.807, 2.05) is 49.4 Å². The largest absolute Gasteiger partial charge is 0.476 e. The minimum Gasteiger partial charge on any atom is -0.476 e. The summed E-state index contributed by atoms with van der Waals surface area (Å²) in [6, 6.07) is 14.8. The fraction of sp³-hybridized carbons (Fsp3) is 0.222. The molecule has 118 valence electrons. The Bertz CT molecular complexity index is 757. The zero-order valence-corrected chi connectivity index (χ0v) is 13.1. The van der Waals surface area contributed by atoms with Gasteiger partial charge in [-0.25, -0.2) is 0 Å². The van der Waals surface area contributed by atoms with Crippen LogP contribution in [0, 0.1) is 6.92 Å². The SMILES string of the molecule is CC(=O)N1C[C@@H](C(=O)Nc2ccccc2C)Oc2ccccc21. The molecule has 1 atom stereocenters. The number of hydrogen-bond donors (Lipinski definition) is 1. The second-order valence-corrected chi connectivity index (χ2v) is 5.51. The van der Waals surface area contributed by atoms with Gasteiger partial charge in [0.25, 0.3) is 5.91 Å². The van der Waals surface area contributed by atoms with E-state index in [0.717, 1.165) is 11.3 Å². The molecule has 5 heteroatoms. The van der Waals surface area contributed by atoms with Gasteiger partial charge in [-0.15, -0.1) is 0 Å². The number of ether oxygens (including phenoxy) is 1. The van der Waals surface area contributed by atoms with Crippen molar-refractivity contribution in [1.82, 2.24) is 0 Å². The van der Waals surface area contributed by atoms with Crippen LogP contribution < -0.4 is 15.0 Å². The number of carbonyl (C=O) groups excluding carboxylic acids is 2. The maximum Gasteiger partial charge on any atom is 0.267 e. The number of para-hydroxylation sites is 3. The molecular formula is C18H18N2O3. The highest BCUT2D eigenvalue weighted by Crippen LogP contribution is 2.33. The maximum absolute atomic E-state index is 12.5. The lowest BCUT2D eigenvalue weighted by Gasteiger charge is -2.33. The summed E-state index contributed by atoms with van der Waals surface area (Å²) in [7, 11) is 0. The number of rotatable bonds is 2. The molecule has 5 nitrogen and oxygen atoms in total. The number of fused-ring (bicyclic) bond motifs is 1. The highest BCUT2D eigenvalue weighted by molar-refractivity contribution is 5.99. The molecule has 0 aromatic heterocycles. The van der Waals surface area contributed by atoms with Gasteiger partial charge in [0.05, 0.1) is 12.2 Å². The fourth-order valence-corrected chi connectivity index (χ4v) is 2.60. The summed E-state index contributed by atoms with van der Waals surface area (Å²) >= 11 is 0. The Hall–Kier alpha value is -2.82. The van der Waals surface area contributed by atoms with Crippen molar-refractivity contribution in [3.05, 3.63) is 54.1 Å². The fourth-order valence-electron chi connectivity index (χ4n) is 2.60. The highest BCUT2D eigenvalue weighted by atomic mass is 16.5. The first kappa shape index (κ1) is 15.1. The van der Waals surface area contributed by atoms with Crippen LogP contribution in [0.2, 0.25) is 0 Å². The lowest BCUT2D eigenvalue weighted by molar-refractivity contribution is -0.123. The minimum absolute atomic E-state index is 0.116. The number of amides is 2. The predicted octanol–water partition coefficient (Wildman–Crippen LogP) is 2.75. The summed E-state index contributed by atoms with van der Waals surface area (Å²) in [5.74, 6) is 0.161. The van der Waals surface area contributed by atoms with E-state index in [4.69, 9.17) is 4.74 Å². The molecular weight excluding hydrogens is 292 g/mol. The Balaban J connectivity index is 1.83. The molecule has 1 aliphatic heterocycles. The number of benzene rings is 2. The Labute approximate surface area is 134 Å². The molecule has 2 amide bonds. The molecule has 0 aliphatic carbocycles. The standard InChI is InChI=1S/C18H18N2O3/c1-12-7-3-4-8-14(12)19-18(22)17-11-20(13(2)21)15-9-5-6-10-16(15)23-17/h3-10,17H,11H2,1-2H3,(H,19,22)/t17-/m0/s1. The van der Waals surface area contributed by atoms with Gasteiger partial charge in [0.1, 0.15) is 5.75 Å². The van der Waals surface area contributed by atoms with Gasteiger partial charge in [-0.05, 0) is 30.7 Å². The third kappa shape index (κ3) is 3.04. The van der Waals surface area contributed by atoms with Crippen molar-refractivity contribution < 1.29 is 14.3 Å². The van der Waals surface area contributed by atoms with Gasteiger partial charge in [0.15, 0.2) is 6.10 Å². The van der Waals surface area contributed by atoms with Crippen LogP contribution in [0.15, 0.2) is 48.5 Å². The normalized spacial score (nSPS) is 16.3. The van der Waals surface area contributed by atoms with Crippen molar-refractivity contribution in [3.63, 3.8) is 0 Å². The van der Waals surface area contributed by atoms with Crippen LogP contribution in [0.25, 0.3) is 0 Å². The molecule has 23 heavy (non-hydrogen) atoms. The van der Waals surface area contributed by atoms with Gasteiger partial charge in [-0.3, -0.25) is 9.59 Å². The van der Waals surface area contributed by atoms with Crippen LogP contribution in [0.1, 0.15) is 12.5 Å². The summed E-state index contributed by atoms with van der Waals surface area (Å²) < 4.78 is 5.78. The average Bonchev–Trinajstić information content (AvgIpc) is 2.55. The Morgan fingerprint density at radius 3 is 2.57 bits per heavy atom. The maximum atomic E-state index is 12.5. The van der Waals surface area contributed by atoms with Crippen molar-refractivity contribution >= 4 is 23.2 Å². The molecule has 1 N–H and O–H groups in total. The first-order chi connectivity index (χ1) is 11.1. The number of aryl methyl sites for hydroxylation is 1. The molecule has 0 saturated heterocycles. The van der Waals surface area contributed by atoms with E-state index in [1.54, 1.807) is 11.0 Å². The quantitative estimate of drug-likeness (QED) is 0.928. The molecule has 0 saturated carbocycles. The summed E-state index contributed by atoms with van der Waals surface area (Å²) in [6.45, 7) is 3.61.